The van der Waals surface area contributed by atoms with Crippen LogP contribution in [-0.4, -0.2) is 38.7 Å². The van der Waals surface area contributed by atoms with Crippen LogP contribution in [0.3, 0.4) is 0 Å². The average molecular weight is 273 g/mol. The van der Waals surface area contributed by atoms with Gasteiger partial charge in [0.2, 0.25) is 0 Å². The monoisotopic (exact) mass is 273 g/mol. The molecule has 6 heteroatoms. The third-order valence-electron chi connectivity index (χ3n) is 4.97. The zero-order valence-electron chi connectivity index (χ0n) is 11.6. The summed E-state index contributed by atoms with van der Waals surface area (Å²) in [6, 6.07) is 0.453. The minimum Gasteiger partial charge on any atom is -0.378 e. The number of H-pyrrole nitrogens is 1. The van der Waals surface area contributed by atoms with E-state index in [0.29, 0.717) is 23.2 Å². The number of hydrogen-bond acceptors (Lipinski definition) is 5. The number of nitrogens with zero attached hydrogens (tertiary/aromatic N) is 3. The number of anilines is 1. The molecule has 0 saturated heterocycles. The summed E-state index contributed by atoms with van der Waals surface area (Å²) in [6.45, 7) is 2.88. The molecule has 4 rings (SSSR count). The Labute approximate surface area is 117 Å². The molecule has 0 amide bonds. The molecule has 0 aromatic carbocycles. The van der Waals surface area contributed by atoms with E-state index in [9.17, 15) is 0 Å². The number of ether oxygens (including phenoxy) is 1. The molecule has 2 aromatic rings. The summed E-state index contributed by atoms with van der Waals surface area (Å²) in [5.41, 5.74) is 1.93. The van der Waals surface area contributed by atoms with Crippen molar-refractivity contribution in [3.05, 3.63) is 12.7 Å². The van der Waals surface area contributed by atoms with Gasteiger partial charge in [-0.1, -0.05) is 6.42 Å². The highest BCUT2D eigenvalue weighted by atomic mass is 16.5. The number of aromatic amines is 1. The van der Waals surface area contributed by atoms with E-state index in [1.807, 2.05) is 0 Å². The summed E-state index contributed by atoms with van der Waals surface area (Å²) in [6.07, 6.45) is 8.53. The maximum absolute atomic E-state index is 5.88. The van der Waals surface area contributed by atoms with Crippen LogP contribution in [0.15, 0.2) is 12.7 Å². The highest BCUT2D eigenvalue weighted by Gasteiger charge is 2.59. The number of nitrogens with one attached hydrogen (secondary N) is 2. The smallest absolute Gasteiger partial charge is 0.182 e. The Morgan fingerprint density at radius 2 is 2.30 bits per heavy atom. The van der Waals surface area contributed by atoms with Crippen molar-refractivity contribution >= 4 is 17.0 Å². The fourth-order valence-electron chi connectivity index (χ4n) is 3.68. The predicted octanol–water partition coefficient (Wildman–Crippen LogP) is 2.11. The molecule has 20 heavy (non-hydrogen) atoms. The summed E-state index contributed by atoms with van der Waals surface area (Å²) in [4.78, 5) is 15.8. The molecule has 0 radical (unpaired) electrons. The van der Waals surface area contributed by atoms with Crippen molar-refractivity contribution in [2.24, 2.45) is 5.41 Å². The van der Waals surface area contributed by atoms with Gasteiger partial charge in [0.25, 0.3) is 0 Å². The maximum Gasteiger partial charge on any atom is 0.182 e. The molecule has 2 N–H and O–H groups in total. The van der Waals surface area contributed by atoms with Gasteiger partial charge in [-0.15, -0.1) is 0 Å². The molecule has 106 valence electrons. The second kappa shape index (κ2) is 4.41. The minimum atomic E-state index is 0.327. The van der Waals surface area contributed by atoms with Crippen molar-refractivity contribution in [3.63, 3.8) is 0 Å². The molecule has 0 unspecified atom stereocenters. The fraction of sp³-hybridized carbons (Fsp3) is 0.643. The van der Waals surface area contributed by atoms with E-state index >= 15 is 0 Å². The van der Waals surface area contributed by atoms with Gasteiger partial charge in [-0.25, -0.2) is 15.0 Å². The largest absolute Gasteiger partial charge is 0.378 e. The third-order valence-corrected chi connectivity index (χ3v) is 4.97. The van der Waals surface area contributed by atoms with Crippen LogP contribution in [0.4, 0.5) is 5.82 Å². The normalized spacial score (nSPS) is 27.2. The van der Waals surface area contributed by atoms with Crippen LogP contribution in [-0.2, 0) is 4.74 Å². The molecule has 2 aromatic heterocycles. The first-order chi connectivity index (χ1) is 9.83. The Morgan fingerprint density at radius 3 is 3.05 bits per heavy atom. The summed E-state index contributed by atoms with van der Waals surface area (Å²) < 4.78 is 5.88. The van der Waals surface area contributed by atoms with Crippen molar-refractivity contribution in [2.45, 2.75) is 44.8 Å². The lowest BCUT2D eigenvalue weighted by Crippen LogP contribution is -2.64. The zero-order chi connectivity index (χ0) is 13.6. The van der Waals surface area contributed by atoms with Crippen LogP contribution in [0, 0.1) is 5.41 Å². The standard InChI is InChI=1S/C14H19N5O/c1-2-20-10-6-9(14(10)4-3-5-14)19-13-11-12(16-7-15-11)17-8-18-13/h7-10H,2-6H2,1H3,(H2,15,16,17,18,19)/t9-,10-/m1/s1. The van der Waals surface area contributed by atoms with Gasteiger partial charge in [0.15, 0.2) is 11.5 Å². The van der Waals surface area contributed by atoms with Crippen LogP contribution in [0.25, 0.3) is 11.2 Å². The van der Waals surface area contributed by atoms with Gasteiger partial charge in [-0.3, -0.25) is 0 Å². The first-order valence-electron chi connectivity index (χ1n) is 7.36. The molecule has 2 heterocycles. The average Bonchev–Trinajstić information content (AvgIpc) is 2.84. The molecule has 0 aliphatic heterocycles. The van der Waals surface area contributed by atoms with Crippen molar-refractivity contribution < 1.29 is 4.74 Å². The van der Waals surface area contributed by atoms with Crippen molar-refractivity contribution in [2.75, 3.05) is 11.9 Å². The van der Waals surface area contributed by atoms with Crippen LogP contribution >= 0.6 is 0 Å². The molecular weight excluding hydrogens is 254 g/mol. The van der Waals surface area contributed by atoms with Crippen molar-refractivity contribution in [3.8, 4) is 0 Å². The quantitative estimate of drug-likeness (QED) is 0.892. The minimum absolute atomic E-state index is 0.327. The van der Waals surface area contributed by atoms with E-state index < -0.39 is 0 Å². The maximum atomic E-state index is 5.88. The molecule has 2 saturated carbocycles. The summed E-state index contributed by atoms with van der Waals surface area (Å²) in [5.74, 6) is 0.860. The predicted molar refractivity (Wildman–Crippen MR) is 75.4 cm³/mol. The van der Waals surface area contributed by atoms with Gasteiger partial charge < -0.3 is 15.0 Å². The van der Waals surface area contributed by atoms with E-state index in [2.05, 4.69) is 32.2 Å². The topological polar surface area (TPSA) is 75.7 Å². The Morgan fingerprint density at radius 1 is 1.40 bits per heavy atom. The number of fused-ring (bicyclic) bond motifs is 1. The molecule has 2 aliphatic carbocycles. The van der Waals surface area contributed by atoms with Gasteiger partial charge >= 0.3 is 0 Å². The van der Waals surface area contributed by atoms with Gasteiger partial charge in [0.05, 0.1) is 12.4 Å². The first-order valence-corrected chi connectivity index (χ1v) is 7.36. The molecule has 1 spiro atoms. The zero-order valence-corrected chi connectivity index (χ0v) is 11.6. The van der Waals surface area contributed by atoms with E-state index in [1.165, 1.54) is 19.3 Å². The number of hydrogen-bond donors (Lipinski definition) is 2. The Kier molecular flexibility index (Phi) is 2.66. The lowest BCUT2D eigenvalue weighted by Gasteiger charge is -2.61. The number of aromatic nitrogens is 4. The lowest BCUT2D eigenvalue weighted by molar-refractivity contribution is -0.157. The van der Waals surface area contributed by atoms with E-state index in [4.69, 9.17) is 4.74 Å². The molecule has 6 nitrogen and oxygen atoms in total. The fourth-order valence-corrected chi connectivity index (χ4v) is 3.68. The second-order valence-electron chi connectivity index (χ2n) is 5.79. The Hall–Kier alpha value is -1.69. The molecule has 0 bridgehead atoms. The summed E-state index contributed by atoms with van der Waals surface area (Å²) >= 11 is 0. The Balaban J connectivity index is 1.56. The van der Waals surface area contributed by atoms with E-state index in [-0.39, 0.29) is 0 Å². The summed E-state index contributed by atoms with van der Waals surface area (Å²) in [7, 11) is 0. The van der Waals surface area contributed by atoms with Gasteiger partial charge in [-0.2, -0.15) is 0 Å². The lowest BCUT2D eigenvalue weighted by atomic mass is 9.51. The van der Waals surface area contributed by atoms with E-state index in [1.54, 1.807) is 12.7 Å². The highest BCUT2D eigenvalue weighted by Crippen LogP contribution is 2.58. The van der Waals surface area contributed by atoms with Gasteiger partial charge in [0, 0.05) is 18.1 Å². The van der Waals surface area contributed by atoms with E-state index in [0.717, 1.165) is 24.4 Å². The van der Waals surface area contributed by atoms with Gasteiger partial charge in [-0.05, 0) is 26.2 Å². The molecular formula is C14H19N5O. The highest BCUT2D eigenvalue weighted by molar-refractivity contribution is 5.82. The molecule has 2 atom stereocenters. The van der Waals surface area contributed by atoms with Crippen LogP contribution in [0.5, 0.6) is 0 Å². The van der Waals surface area contributed by atoms with Crippen LogP contribution < -0.4 is 5.32 Å². The van der Waals surface area contributed by atoms with Crippen molar-refractivity contribution in [1.82, 2.24) is 19.9 Å². The van der Waals surface area contributed by atoms with Crippen LogP contribution in [0.2, 0.25) is 0 Å². The number of rotatable bonds is 4. The third kappa shape index (κ3) is 1.57. The molecule has 2 fully saturated rings. The number of imidazole rings is 1. The van der Waals surface area contributed by atoms with Gasteiger partial charge in [0.1, 0.15) is 11.8 Å². The van der Waals surface area contributed by atoms with Crippen molar-refractivity contribution in [1.29, 1.82) is 0 Å². The second-order valence-corrected chi connectivity index (χ2v) is 5.79. The summed E-state index contributed by atoms with van der Waals surface area (Å²) in [5, 5.41) is 3.59. The Bertz CT molecular complexity index is 621. The van der Waals surface area contributed by atoms with Crippen LogP contribution in [0.1, 0.15) is 32.6 Å². The SMILES string of the molecule is CCO[C@@H]1C[C@@H](Nc2ncnc3nc[nH]c23)C12CCC2. The molecule has 2 aliphatic rings. The first kappa shape index (κ1) is 12.1.